The summed E-state index contributed by atoms with van der Waals surface area (Å²) in [5.74, 6) is -0.0985. The molecule has 2 N–H and O–H groups in total. The molecule has 1 fully saturated rings. The van der Waals surface area contributed by atoms with Crippen LogP contribution in [0.2, 0.25) is 0 Å². The summed E-state index contributed by atoms with van der Waals surface area (Å²) < 4.78 is 32.9. The predicted molar refractivity (Wildman–Crippen MR) is 71.5 cm³/mol. The van der Waals surface area contributed by atoms with Crippen molar-refractivity contribution in [3.05, 3.63) is 29.3 Å². The van der Waals surface area contributed by atoms with Crippen LogP contribution < -0.4 is 5.14 Å². The van der Waals surface area contributed by atoms with E-state index >= 15 is 0 Å². The van der Waals surface area contributed by atoms with Gasteiger partial charge in [-0.05, 0) is 42.5 Å². The quantitative estimate of drug-likeness (QED) is 0.792. The van der Waals surface area contributed by atoms with Gasteiger partial charge in [0.1, 0.15) is 0 Å². The van der Waals surface area contributed by atoms with Crippen molar-refractivity contribution >= 4 is 16.0 Å². The fraction of sp³-hybridized carbons (Fsp3) is 0.462. The number of hydrogen-bond donors (Lipinski definition) is 1. The molecule has 2 rings (SSSR count). The average molecular weight is 299 g/mol. The molecule has 1 aliphatic rings. The van der Waals surface area contributed by atoms with Crippen molar-refractivity contribution in [3.63, 3.8) is 0 Å². The van der Waals surface area contributed by atoms with Crippen molar-refractivity contribution in [2.24, 2.45) is 11.1 Å². The molecule has 0 radical (unpaired) electrons. The highest BCUT2D eigenvalue weighted by molar-refractivity contribution is 7.89. The SMILES string of the molecule is COCc1cc(C(=O)OCC2CC2)cc(S(N)(=O)=O)c1. The summed E-state index contributed by atoms with van der Waals surface area (Å²) in [5, 5.41) is 5.10. The average Bonchev–Trinajstić information content (AvgIpc) is 3.19. The molecule has 110 valence electrons. The van der Waals surface area contributed by atoms with Crippen molar-refractivity contribution in [2.45, 2.75) is 24.3 Å². The second-order valence-corrected chi connectivity index (χ2v) is 6.45. The van der Waals surface area contributed by atoms with E-state index in [0.717, 1.165) is 12.8 Å². The monoisotopic (exact) mass is 299 g/mol. The van der Waals surface area contributed by atoms with E-state index in [0.29, 0.717) is 18.1 Å². The van der Waals surface area contributed by atoms with Gasteiger partial charge in [0.05, 0.1) is 23.7 Å². The zero-order valence-corrected chi connectivity index (χ0v) is 12.0. The lowest BCUT2D eigenvalue weighted by atomic mass is 10.1. The second kappa shape index (κ2) is 5.90. The van der Waals surface area contributed by atoms with Crippen molar-refractivity contribution in [3.8, 4) is 0 Å². The van der Waals surface area contributed by atoms with E-state index in [2.05, 4.69) is 0 Å². The van der Waals surface area contributed by atoms with Crippen LogP contribution in [0.5, 0.6) is 0 Å². The number of primary sulfonamides is 1. The fourth-order valence-electron chi connectivity index (χ4n) is 1.75. The second-order valence-electron chi connectivity index (χ2n) is 4.89. The molecule has 0 spiro atoms. The normalized spacial score (nSPS) is 15.1. The Bertz CT molecular complexity index is 607. The van der Waals surface area contributed by atoms with E-state index in [4.69, 9.17) is 14.6 Å². The van der Waals surface area contributed by atoms with Crippen LogP contribution in [-0.2, 0) is 26.1 Å². The molecule has 0 saturated heterocycles. The highest BCUT2D eigenvalue weighted by atomic mass is 32.2. The Morgan fingerprint density at radius 2 is 2.05 bits per heavy atom. The van der Waals surface area contributed by atoms with Crippen molar-refractivity contribution in [2.75, 3.05) is 13.7 Å². The first-order valence-electron chi connectivity index (χ1n) is 6.23. The molecular weight excluding hydrogens is 282 g/mol. The first kappa shape index (κ1) is 15.0. The van der Waals surface area contributed by atoms with Gasteiger partial charge in [0, 0.05) is 7.11 Å². The number of carbonyl (C=O) groups excluding carboxylic acids is 1. The lowest BCUT2D eigenvalue weighted by Crippen LogP contribution is -2.15. The molecule has 0 heterocycles. The summed E-state index contributed by atoms with van der Waals surface area (Å²) in [5.41, 5.74) is 0.724. The molecule has 1 aliphatic carbocycles. The number of rotatable bonds is 6. The van der Waals surface area contributed by atoms with Crippen LogP contribution in [0.15, 0.2) is 23.1 Å². The number of nitrogens with two attached hydrogens (primary N) is 1. The summed E-state index contributed by atoms with van der Waals surface area (Å²) in [6.07, 6.45) is 2.14. The molecule has 1 aromatic carbocycles. The van der Waals surface area contributed by atoms with Crippen LogP contribution in [0, 0.1) is 5.92 Å². The fourth-order valence-corrected chi connectivity index (χ4v) is 2.36. The predicted octanol–water partition coefficient (Wildman–Crippen LogP) is 1.05. The van der Waals surface area contributed by atoms with Crippen LogP contribution in [0.1, 0.15) is 28.8 Å². The number of methoxy groups -OCH3 is 1. The van der Waals surface area contributed by atoms with Gasteiger partial charge in [-0.25, -0.2) is 18.4 Å². The largest absolute Gasteiger partial charge is 0.462 e. The first-order chi connectivity index (χ1) is 9.40. The summed E-state index contributed by atoms with van der Waals surface area (Å²) in [6.45, 7) is 0.560. The Labute approximate surface area is 117 Å². The molecule has 20 heavy (non-hydrogen) atoms. The summed E-state index contributed by atoms with van der Waals surface area (Å²) >= 11 is 0. The van der Waals surface area contributed by atoms with E-state index in [-0.39, 0.29) is 17.1 Å². The Morgan fingerprint density at radius 3 is 2.60 bits per heavy atom. The molecule has 1 saturated carbocycles. The minimum atomic E-state index is -3.88. The molecule has 0 atom stereocenters. The maximum absolute atomic E-state index is 11.9. The minimum Gasteiger partial charge on any atom is -0.462 e. The van der Waals surface area contributed by atoms with Crippen LogP contribution in [0.25, 0.3) is 0 Å². The van der Waals surface area contributed by atoms with Crippen molar-refractivity contribution < 1.29 is 22.7 Å². The van der Waals surface area contributed by atoms with Crippen molar-refractivity contribution in [1.29, 1.82) is 0 Å². The summed E-state index contributed by atoms with van der Waals surface area (Å²) in [7, 11) is -2.40. The van der Waals surface area contributed by atoms with Gasteiger partial charge in [0.2, 0.25) is 10.0 Å². The van der Waals surface area contributed by atoms with Gasteiger partial charge in [-0.15, -0.1) is 0 Å². The molecule has 0 unspecified atom stereocenters. The van der Waals surface area contributed by atoms with Crippen LogP contribution in [0.4, 0.5) is 0 Å². The lowest BCUT2D eigenvalue weighted by Gasteiger charge is -2.08. The number of carbonyl (C=O) groups is 1. The van der Waals surface area contributed by atoms with Crippen LogP contribution >= 0.6 is 0 Å². The van der Waals surface area contributed by atoms with Gasteiger partial charge in [-0.1, -0.05) is 0 Å². The molecular formula is C13H17NO5S. The number of hydrogen-bond acceptors (Lipinski definition) is 5. The minimum absolute atomic E-state index is 0.120. The van der Waals surface area contributed by atoms with E-state index in [1.807, 2.05) is 0 Å². The third kappa shape index (κ3) is 4.03. The van der Waals surface area contributed by atoms with Gasteiger partial charge in [-0.3, -0.25) is 0 Å². The molecule has 1 aromatic rings. The highest BCUT2D eigenvalue weighted by Gasteiger charge is 2.24. The lowest BCUT2D eigenvalue weighted by molar-refractivity contribution is 0.0485. The zero-order chi connectivity index (χ0) is 14.8. The van der Waals surface area contributed by atoms with Gasteiger partial charge < -0.3 is 9.47 Å². The summed E-state index contributed by atoms with van der Waals surface area (Å²) in [6, 6.07) is 4.16. The molecule has 6 nitrogen and oxygen atoms in total. The molecule has 0 aromatic heterocycles. The van der Waals surface area contributed by atoms with Gasteiger partial charge >= 0.3 is 5.97 Å². The number of sulfonamides is 1. The highest BCUT2D eigenvalue weighted by Crippen LogP contribution is 2.29. The maximum Gasteiger partial charge on any atom is 0.338 e. The van der Waals surface area contributed by atoms with Gasteiger partial charge in [-0.2, -0.15) is 0 Å². The third-order valence-electron chi connectivity index (χ3n) is 2.99. The molecule has 0 bridgehead atoms. The number of ether oxygens (including phenoxy) is 2. The molecule has 0 amide bonds. The van der Waals surface area contributed by atoms with Crippen molar-refractivity contribution in [1.82, 2.24) is 0 Å². The van der Waals surface area contributed by atoms with E-state index in [9.17, 15) is 13.2 Å². The number of benzene rings is 1. The Hall–Kier alpha value is -1.44. The van der Waals surface area contributed by atoms with E-state index in [1.54, 1.807) is 6.07 Å². The Kier molecular flexibility index (Phi) is 4.42. The first-order valence-corrected chi connectivity index (χ1v) is 7.77. The maximum atomic E-state index is 11.9. The molecule has 7 heteroatoms. The van der Waals surface area contributed by atoms with Crippen LogP contribution in [0.3, 0.4) is 0 Å². The third-order valence-corrected chi connectivity index (χ3v) is 3.88. The number of esters is 1. The van der Waals surface area contributed by atoms with E-state index in [1.165, 1.54) is 19.2 Å². The van der Waals surface area contributed by atoms with E-state index < -0.39 is 16.0 Å². The standard InChI is InChI=1S/C13H17NO5S/c1-18-7-10-4-11(6-12(5-10)20(14,16)17)13(15)19-8-9-2-3-9/h4-6,9H,2-3,7-8H2,1H3,(H2,14,16,17). The Balaban J connectivity index is 2.25. The molecule has 0 aliphatic heterocycles. The van der Waals surface area contributed by atoms with Crippen LogP contribution in [-0.4, -0.2) is 28.1 Å². The topological polar surface area (TPSA) is 95.7 Å². The Morgan fingerprint density at radius 1 is 1.35 bits per heavy atom. The summed E-state index contributed by atoms with van der Waals surface area (Å²) in [4.78, 5) is 11.8. The smallest absolute Gasteiger partial charge is 0.338 e. The van der Waals surface area contributed by atoms with Gasteiger partial charge in [0.15, 0.2) is 0 Å². The van der Waals surface area contributed by atoms with Gasteiger partial charge in [0.25, 0.3) is 0 Å². The zero-order valence-electron chi connectivity index (χ0n) is 11.2.